The normalized spacial score (nSPS) is 43.9. The number of ketones is 2. The summed E-state index contributed by atoms with van der Waals surface area (Å²) >= 11 is 0. The molecule has 0 spiro atoms. The number of amides is 1. The molecule has 0 aromatic rings. The maximum Gasteiger partial charge on any atom is 0.405 e. The highest BCUT2D eigenvalue weighted by Gasteiger charge is 2.62. The van der Waals surface area contributed by atoms with Gasteiger partial charge >= 0.3 is 18.0 Å². The van der Waals surface area contributed by atoms with Crippen LogP contribution in [-0.2, 0) is 47.6 Å². The van der Waals surface area contributed by atoms with Crippen molar-refractivity contribution >= 4 is 29.6 Å². The molecule has 3 saturated heterocycles. The molecule has 4 unspecified atom stereocenters. The van der Waals surface area contributed by atoms with E-state index in [1.165, 1.54) is 14.0 Å². The zero-order chi connectivity index (χ0) is 35.8. The fourth-order valence-corrected chi connectivity index (χ4v) is 8.28. The summed E-state index contributed by atoms with van der Waals surface area (Å²) in [4.78, 5) is 69.7. The quantitative estimate of drug-likeness (QED) is 0.249. The SMILES string of the molecule is CC[C@H]1OC(=O)[C@H](C)C(=O)[C@H](C)[C@@H](OC2O[C@H](C)C[C@H](N(C)C)[C@H]2C)[C@](C)(OC(N)=O)C[C@@H](C)C(=O)C(C)C2C(OC)C(=O)O[C@@]21C. The maximum absolute atomic E-state index is 14.3. The predicted octanol–water partition coefficient (Wildman–Crippen LogP) is 3.28. The Morgan fingerprint density at radius 1 is 0.979 bits per heavy atom. The first-order chi connectivity index (χ1) is 21.7. The molecule has 1 amide bonds. The summed E-state index contributed by atoms with van der Waals surface area (Å²) in [6.07, 6.45) is -4.46. The summed E-state index contributed by atoms with van der Waals surface area (Å²) in [6.45, 7) is 15.3. The van der Waals surface area contributed by atoms with Gasteiger partial charge in [0.05, 0.1) is 6.10 Å². The minimum absolute atomic E-state index is 0.0807. The number of primary amides is 1. The number of Topliss-reactive ketones (excluding diaryl/α,β-unsaturated/α-hetero) is 2. The van der Waals surface area contributed by atoms with Crippen molar-refractivity contribution in [3.8, 4) is 0 Å². The van der Waals surface area contributed by atoms with Gasteiger partial charge in [0.2, 0.25) is 0 Å². The number of hydrogen-bond acceptors (Lipinski definition) is 12. The Labute approximate surface area is 278 Å². The molecule has 0 aromatic heterocycles. The lowest BCUT2D eigenvalue weighted by Gasteiger charge is -2.47. The molecule has 0 saturated carbocycles. The van der Waals surface area contributed by atoms with Crippen LogP contribution in [0.1, 0.15) is 81.6 Å². The molecule has 3 heterocycles. The summed E-state index contributed by atoms with van der Waals surface area (Å²) in [5, 5.41) is 0. The molecule has 0 bridgehead atoms. The van der Waals surface area contributed by atoms with Crippen LogP contribution in [-0.4, -0.2) is 104 Å². The summed E-state index contributed by atoms with van der Waals surface area (Å²) in [5.74, 6) is -7.20. The lowest BCUT2D eigenvalue weighted by Crippen LogP contribution is -2.58. The number of ether oxygens (including phenoxy) is 6. The third kappa shape index (κ3) is 7.68. The number of nitrogens with zero attached hydrogens (tertiary/aromatic N) is 1. The van der Waals surface area contributed by atoms with E-state index in [1.54, 1.807) is 41.5 Å². The Morgan fingerprint density at radius 3 is 2.13 bits per heavy atom. The largest absolute Gasteiger partial charge is 0.458 e. The van der Waals surface area contributed by atoms with Crippen LogP contribution in [0.4, 0.5) is 4.79 Å². The van der Waals surface area contributed by atoms with Gasteiger partial charge in [-0.25, -0.2) is 9.59 Å². The van der Waals surface area contributed by atoms with Gasteiger partial charge in [0.25, 0.3) is 0 Å². The Balaban J connectivity index is 2.19. The van der Waals surface area contributed by atoms with Crippen molar-refractivity contribution in [3.63, 3.8) is 0 Å². The number of fused-ring (bicyclic) bond motifs is 1. The van der Waals surface area contributed by atoms with Gasteiger partial charge in [-0.2, -0.15) is 0 Å². The first-order valence-electron chi connectivity index (χ1n) is 16.7. The minimum Gasteiger partial charge on any atom is -0.458 e. The number of cyclic esters (lactones) is 1. The highest BCUT2D eigenvalue weighted by molar-refractivity contribution is 6.00. The number of hydrogen-bond donors (Lipinski definition) is 1. The topological polar surface area (TPSA) is 170 Å². The van der Waals surface area contributed by atoms with E-state index in [1.807, 2.05) is 27.9 Å². The Hall–Kier alpha value is -2.61. The van der Waals surface area contributed by atoms with E-state index in [0.29, 0.717) is 0 Å². The van der Waals surface area contributed by atoms with E-state index in [-0.39, 0.29) is 36.7 Å². The summed E-state index contributed by atoms with van der Waals surface area (Å²) in [7, 11) is 5.30. The minimum atomic E-state index is -1.63. The third-order valence-corrected chi connectivity index (χ3v) is 10.8. The van der Waals surface area contributed by atoms with Crippen LogP contribution in [0.2, 0.25) is 0 Å². The lowest BCUT2D eigenvalue weighted by molar-refractivity contribution is -0.277. The first-order valence-corrected chi connectivity index (χ1v) is 16.7. The van der Waals surface area contributed by atoms with Gasteiger partial charge in [0, 0.05) is 42.7 Å². The van der Waals surface area contributed by atoms with Gasteiger partial charge in [-0.15, -0.1) is 0 Å². The third-order valence-electron chi connectivity index (χ3n) is 10.8. The highest BCUT2D eigenvalue weighted by atomic mass is 16.7. The first kappa shape index (κ1) is 38.8. The fourth-order valence-electron chi connectivity index (χ4n) is 8.28. The van der Waals surface area contributed by atoms with Crippen LogP contribution in [0.5, 0.6) is 0 Å². The number of methoxy groups -OCH3 is 1. The molecule has 3 aliphatic rings. The highest BCUT2D eigenvalue weighted by Crippen LogP contribution is 2.46. The standard InChI is InChI=1S/C34H56N2O11/c1-13-23-34(9)24(27(42-12)30(40)46-34)19(5)25(37)16(2)15-33(8,47-32(35)41)28(20(6)26(38)21(7)29(39)44-23)45-31-18(4)22(36(10)11)14-17(3)43-31/h16-24,27-28,31H,13-15H2,1-12H3,(H2,35,41)/t16-,17-,18-,19?,20+,21-,22+,23-,24?,27?,28-,31?,33-,34-/m1/s1. The van der Waals surface area contributed by atoms with Gasteiger partial charge in [-0.05, 0) is 61.1 Å². The monoisotopic (exact) mass is 668 g/mol. The maximum atomic E-state index is 14.3. The van der Waals surface area contributed by atoms with Crippen molar-refractivity contribution in [1.29, 1.82) is 0 Å². The summed E-state index contributed by atoms with van der Waals surface area (Å²) in [6, 6.07) is 0.0807. The average Bonchev–Trinajstić information content (AvgIpc) is 3.26. The van der Waals surface area contributed by atoms with Gasteiger partial charge in [-0.3, -0.25) is 14.4 Å². The van der Waals surface area contributed by atoms with Crippen molar-refractivity contribution < 1.29 is 52.4 Å². The average molecular weight is 669 g/mol. The van der Waals surface area contributed by atoms with E-state index < -0.39 is 89.2 Å². The zero-order valence-electron chi connectivity index (χ0n) is 30.1. The molecule has 2 N–H and O–H groups in total. The predicted molar refractivity (Wildman–Crippen MR) is 170 cm³/mol. The molecule has 13 heteroatoms. The second-order valence-electron chi connectivity index (χ2n) is 14.6. The fraction of sp³-hybridized carbons (Fsp3) is 0.853. The molecular weight excluding hydrogens is 612 g/mol. The number of esters is 2. The van der Waals surface area contributed by atoms with Crippen molar-refractivity contribution in [2.45, 2.75) is 130 Å². The number of carbonyl (C=O) groups is 5. The van der Waals surface area contributed by atoms with Crippen molar-refractivity contribution in [3.05, 3.63) is 0 Å². The molecule has 3 rings (SSSR count). The Kier molecular flexibility index (Phi) is 12.3. The van der Waals surface area contributed by atoms with Crippen LogP contribution in [0.15, 0.2) is 0 Å². The smallest absolute Gasteiger partial charge is 0.405 e. The van der Waals surface area contributed by atoms with Crippen LogP contribution >= 0.6 is 0 Å². The van der Waals surface area contributed by atoms with Crippen molar-refractivity contribution in [2.75, 3.05) is 21.2 Å². The van der Waals surface area contributed by atoms with Gasteiger partial charge in [-0.1, -0.05) is 34.6 Å². The second-order valence-corrected chi connectivity index (χ2v) is 14.6. The van der Waals surface area contributed by atoms with E-state index in [4.69, 9.17) is 34.2 Å². The molecule has 0 radical (unpaired) electrons. The molecule has 3 aliphatic heterocycles. The Morgan fingerprint density at radius 2 is 1.60 bits per heavy atom. The number of nitrogens with two attached hydrogens (primary N) is 1. The van der Waals surface area contributed by atoms with E-state index in [0.717, 1.165) is 6.42 Å². The zero-order valence-corrected chi connectivity index (χ0v) is 30.1. The number of carbonyl (C=O) groups excluding carboxylic acids is 5. The van der Waals surface area contributed by atoms with Gasteiger partial charge in [0.15, 0.2) is 23.8 Å². The molecule has 13 nitrogen and oxygen atoms in total. The molecule has 0 aliphatic carbocycles. The van der Waals surface area contributed by atoms with Gasteiger partial charge < -0.3 is 39.1 Å². The van der Waals surface area contributed by atoms with Crippen LogP contribution in [0.25, 0.3) is 0 Å². The molecule has 3 fully saturated rings. The molecule has 47 heavy (non-hydrogen) atoms. The second kappa shape index (κ2) is 14.9. The summed E-state index contributed by atoms with van der Waals surface area (Å²) in [5.41, 5.74) is 2.56. The van der Waals surface area contributed by atoms with Crippen LogP contribution in [0, 0.1) is 35.5 Å². The van der Waals surface area contributed by atoms with E-state index >= 15 is 0 Å². The van der Waals surface area contributed by atoms with Crippen molar-refractivity contribution in [1.82, 2.24) is 4.90 Å². The van der Waals surface area contributed by atoms with Crippen molar-refractivity contribution in [2.24, 2.45) is 41.2 Å². The lowest BCUT2D eigenvalue weighted by atomic mass is 9.69. The van der Waals surface area contributed by atoms with Gasteiger partial charge in [0.1, 0.15) is 29.5 Å². The summed E-state index contributed by atoms with van der Waals surface area (Å²) < 4.78 is 36.0. The molecular formula is C34H56N2O11. The van der Waals surface area contributed by atoms with E-state index in [2.05, 4.69) is 4.90 Å². The van der Waals surface area contributed by atoms with Crippen LogP contribution < -0.4 is 5.73 Å². The molecule has 0 aromatic carbocycles. The molecule has 268 valence electrons. The van der Waals surface area contributed by atoms with E-state index in [9.17, 15) is 24.0 Å². The Bertz CT molecular complexity index is 1190. The number of rotatable bonds is 6. The van der Waals surface area contributed by atoms with Crippen LogP contribution in [0.3, 0.4) is 0 Å². The molecule has 14 atom stereocenters.